The van der Waals surface area contributed by atoms with Crippen LogP contribution in [0.2, 0.25) is 0 Å². The van der Waals surface area contributed by atoms with Crippen LogP contribution in [-0.2, 0) is 4.79 Å². The summed E-state index contributed by atoms with van der Waals surface area (Å²) in [5.41, 5.74) is 0. The Morgan fingerprint density at radius 1 is 1.33 bits per heavy atom. The summed E-state index contributed by atoms with van der Waals surface area (Å²) in [6, 6.07) is 0. The third-order valence-electron chi connectivity index (χ3n) is 0.243. The van der Waals surface area contributed by atoms with Crippen molar-refractivity contribution in [3.63, 3.8) is 0 Å². The second-order valence-corrected chi connectivity index (χ2v) is 0.803. The van der Waals surface area contributed by atoms with Gasteiger partial charge in [-0.3, -0.25) is 0 Å². The molecule has 0 saturated carbocycles. The van der Waals surface area contributed by atoms with Crippen molar-refractivity contribution in [3.05, 3.63) is 0 Å². The number of rotatable bonds is 0. The third kappa shape index (κ3) is 7.80. The van der Waals surface area contributed by atoms with E-state index in [0.717, 1.165) is 0 Å². The van der Waals surface area contributed by atoms with E-state index < -0.39 is 12.1 Å². The van der Waals surface area contributed by atoms with Gasteiger partial charge in [-0.2, -0.15) is 13.2 Å². The monoisotopic (exact) mass is 205 g/mol. The Bertz CT molecular complexity index is 92.3. The average Bonchev–Trinajstić information content (AvgIpc) is 1.31. The summed E-state index contributed by atoms with van der Waals surface area (Å²) in [6.07, 6.45) is -5.08. The van der Waals surface area contributed by atoms with Gasteiger partial charge in [-0.25, -0.2) is 4.79 Å². The number of hydrogen-bond donors (Lipinski definition) is 1. The molecule has 0 aromatic heterocycles. The fourth-order valence-corrected chi connectivity index (χ4v) is 0. The molecule has 0 unspecified atom stereocenters. The Hall–Kier alpha value is -0.195. The molecule has 3 radical (unpaired) electrons. The van der Waals surface area contributed by atoms with Gasteiger partial charge in [0.15, 0.2) is 0 Å². The quantitative estimate of drug-likeness (QED) is 0.595. The van der Waals surface area contributed by atoms with Gasteiger partial charge < -0.3 is 5.11 Å². The summed E-state index contributed by atoms with van der Waals surface area (Å²) < 4.78 is 31.7. The zero-order chi connectivity index (χ0) is 6.08. The lowest BCUT2D eigenvalue weighted by Crippen LogP contribution is -2.21. The van der Waals surface area contributed by atoms with Gasteiger partial charge in [0.25, 0.3) is 0 Å². The van der Waals surface area contributed by atoms with Crippen LogP contribution in [0, 0.1) is 0 Å². The van der Waals surface area contributed by atoms with Crippen LogP contribution in [0.25, 0.3) is 0 Å². The molecular formula is C2H2BBrF3O2. The highest BCUT2D eigenvalue weighted by Crippen LogP contribution is 2.13. The van der Waals surface area contributed by atoms with Crippen molar-refractivity contribution in [2.75, 3.05) is 0 Å². The van der Waals surface area contributed by atoms with E-state index in [1.165, 1.54) is 0 Å². The fourth-order valence-electron chi connectivity index (χ4n) is 0. The largest absolute Gasteiger partial charge is 0.490 e. The molecule has 0 aliphatic rings. The van der Waals surface area contributed by atoms with E-state index in [1.807, 2.05) is 0 Å². The van der Waals surface area contributed by atoms with E-state index in [0.29, 0.717) is 0 Å². The first-order chi connectivity index (χ1) is 2.94. The van der Waals surface area contributed by atoms with Gasteiger partial charge in [-0.1, -0.05) is 0 Å². The molecule has 0 bridgehead atoms. The minimum Gasteiger partial charge on any atom is -0.475 e. The van der Waals surface area contributed by atoms with Crippen LogP contribution in [0.3, 0.4) is 0 Å². The lowest BCUT2D eigenvalue weighted by Gasteiger charge is -1.93. The molecule has 2 nitrogen and oxygen atoms in total. The first kappa shape index (κ1) is 15.9. The van der Waals surface area contributed by atoms with Crippen molar-refractivity contribution < 1.29 is 23.1 Å². The van der Waals surface area contributed by atoms with E-state index in [-0.39, 0.29) is 25.4 Å². The van der Waals surface area contributed by atoms with Gasteiger partial charge in [0, 0.05) is 8.41 Å². The number of carbonyl (C=O) groups is 1. The van der Waals surface area contributed by atoms with Crippen molar-refractivity contribution in [3.8, 4) is 0 Å². The van der Waals surface area contributed by atoms with Crippen LogP contribution in [0.4, 0.5) is 13.2 Å². The topological polar surface area (TPSA) is 37.3 Å². The summed E-state index contributed by atoms with van der Waals surface area (Å²) in [5.74, 6) is -2.76. The summed E-state index contributed by atoms with van der Waals surface area (Å²) >= 11 is 0. The molecule has 0 atom stereocenters. The van der Waals surface area contributed by atoms with Crippen molar-refractivity contribution >= 4 is 31.4 Å². The zero-order valence-corrected chi connectivity index (χ0v) is 5.69. The Kier molecular flexibility index (Phi) is 8.25. The predicted molar refractivity (Wildman–Crippen MR) is 29.8 cm³/mol. The van der Waals surface area contributed by atoms with Gasteiger partial charge in [0.2, 0.25) is 0 Å². The van der Waals surface area contributed by atoms with Crippen molar-refractivity contribution in [2.24, 2.45) is 0 Å². The van der Waals surface area contributed by atoms with E-state index in [2.05, 4.69) is 0 Å². The van der Waals surface area contributed by atoms with Crippen molar-refractivity contribution in [2.45, 2.75) is 6.18 Å². The fraction of sp³-hybridized carbons (Fsp3) is 0.500. The Balaban J connectivity index is -0.000000180. The maximum atomic E-state index is 10.6. The Morgan fingerprint density at radius 3 is 1.44 bits per heavy atom. The molecular weight excluding hydrogens is 204 g/mol. The van der Waals surface area contributed by atoms with Crippen LogP contribution in [0.1, 0.15) is 0 Å². The van der Waals surface area contributed by atoms with Crippen LogP contribution in [0.5, 0.6) is 0 Å². The predicted octanol–water partition coefficient (Wildman–Crippen LogP) is 0.830. The maximum absolute atomic E-state index is 10.6. The first-order valence-corrected chi connectivity index (χ1v) is 1.24. The zero-order valence-electron chi connectivity index (χ0n) is 3.97. The van der Waals surface area contributed by atoms with Crippen molar-refractivity contribution in [1.82, 2.24) is 0 Å². The van der Waals surface area contributed by atoms with E-state index in [9.17, 15) is 13.2 Å². The average molecular weight is 206 g/mol. The molecule has 9 heavy (non-hydrogen) atoms. The van der Waals surface area contributed by atoms with E-state index in [4.69, 9.17) is 9.90 Å². The molecule has 0 saturated heterocycles. The van der Waals surface area contributed by atoms with Crippen LogP contribution >= 0.6 is 17.0 Å². The summed E-state index contributed by atoms with van der Waals surface area (Å²) in [4.78, 5) is 8.90. The highest BCUT2D eigenvalue weighted by molar-refractivity contribution is 8.93. The molecule has 0 amide bonds. The van der Waals surface area contributed by atoms with Gasteiger partial charge >= 0.3 is 12.1 Å². The van der Waals surface area contributed by atoms with Crippen LogP contribution in [-0.4, -0.2) is 25.7 Å². The normalized spacial score (nSPS) is 8.78. The van der Waals surface area contributed by atoms with Crippen LogP contribution in [0.15, 0.2) is 0 Å². The molecule has 0 aliphatic heterocycles. The number of carboxylic acid groups (broad SMARTS) is 1. The number of hydrogen-bond acceptors (Lipinski definition) is 1. The molecule has 0 rings (SSSR count). The molecule has 0 fully saturated rings. The summed E-state index contributed by atoms with van der Waals surface area (Å²) in [5, 5.41) is 7.12. The Morgan fingerprint density at radius 2 is 1.44 bits per heavy atom. The molecule has 1 N–H and O–H groups in total. The van der Waals surface area contributed by atoms with Gasteiger partial charge in [0.1, 0.15) is 0 Å². The lowest BCUT2D eigenvalue weighted by molar-refractivity contribution is -0.192. The number of aliphatic carboxylic acids is 1. The highest BCUT2D eigenvalue weighted by Gasteiger charge is 2.38. The summed E-state index contributed by atoms with van der Waals surface area (Å²) in [6.45, 7) is 0. The van der Waals surface area contributed by atoms with E-state index in [1.54, 1.807) is 0 Å². The minimum atomic E-state index is -5.08. The van der Waals surface area contributed by atoms with Gasteiger partial charge in [-0.15, -0.1) is 17.0 Å². The second-order valence-electron chi connectivity index (χ2n) is 0.803. The molecule has 7 heteroatoms. The molecule has 0 spiro atoms. The molecule has 0 heterocycles. The summed E-state index contributed by atoms with van der Waals surface area (Å²) in [7, 11) is 0. The van der Waals surface area contributed by atoms with Crippen molar-refractivity contribution in [1.29, 1.82) is 0 Å². The SMILES string of the molecule is Br.O=C(O)C(F)(F)F.[B]. The number of carboxylic acids is 1. The number of alkyl halides is 3. The maximum Gasteiger partial charge on any atom is 0.490 e. The second kappa shape index (κ2) is 4.66. The highest BCUT2D eigenvalue weighted by atomic mass is 79.9. The lowest BCUT2D eigenvalue weighted by atomic mass is 10.7. The smallest absolute Gasteiger partial charge is 0.475 e. The minimum absolute atomic E-state index is 0. The third-order valence-corrected chi connectivity index (χ3v) is 0.243. The van der Waals surface area contributed by atoms with Crippen LogP contribution < -0.4 is 0 Å². The molecule has 0 aliphatic carbocycles. The Labute approximate surface area is 61.4 Å². The number of halogens is 4. The molecule has 0 aromatic carbocycles. The standard InChI is InChI=1S/C2HF3O2.B.BrH/c3-2(4,5)1(6)7;;/h(H,6,7);;1H. The van der Waals surface area contributed by atoms with Gasteiger partial charge in [0.05, 0.1) is 0 Å². The molecule has 53 valence electrons. The van der Waals surface area contributed by atoms with E-state index >= 15 is 0 Å². The molecule has 0 aromatic rings. The van der Waals surface area contributed by atoms with Gasteiger partial charge in [-0.05, 0) is 0 Å². The first-order valence-electron chi connectivity index (χ1n) is 1.24.